The molecule has 28 heavy (non-hydrogen) atoms. The van der Waals surface area contributed by atoms with Gasteiger partial charge < -0.3 is 19.4 Å². The maximum Gasteiger partial charge on any atom is 0.434 e. The molecule has 3 rings (SSSR count). The molecule has 0 atom stereocenters. The monoisotopic (exact) mass is 425 g/mol. The smallest absolute Gasteiger partial charge is 0.434 e. The first kappa shape index (κ1) is 20.3. The largest absolute Gasteiger partial charge is 0.478 e. The Kier molecular flexibility index (Phi) is 6.31. The minimum absolute atomic E-state index is 0.256. The van der Waals surface area contributed by atoms with Crippen LogP contribution >= 0.6 is 23.2 Å². The highest BCUT2D eigenvalue weighted by atomic mass is 35.5. The number of nitrogens with zero attached hydrogens (tertiary/aromatic N) is 4. The summed E-state index contributed by atoms with van der Waals surface area (Å²) in [5.41, 5.74) is 4.94. The number of ether oxygens (including phenoxy) is 1. The lowest BCUT2D eigenvalue weighted by Crippen LogP contribution is -2.49. The number of carbonyl (C=O) groups excluding carboxylic acids is 1. The van der Waals surface area contributed by atoms with E-state index < -0.39 is 6.09 Å². The van der Waals surface area contributed by atoms with Crippen LogP contribution in [0.4, 0.5) is 16.3 Å². The van der Waals surface area contributed by atoms with Gasteiger partial charge in [0, 0.05) is 41.9 Å². The Morgan fingerprint density at radius 2 is 1.64 bits per heavy atom. The van der Waals surface area contributed by atoms with Gasteiger partial charge in [0.2, 0.25) is 5.82 Å². The van der Waals surface area contributed by atoms with E-state index in [-0.39, 0.29) is 11.7 Å². The fourth-order valence-electron chi connectivity index (χ4n) is 2.82. The van der Waals surface area contributed by atoms with Crippen LogP contribution in [-0.2, 0) is 4.84 Å². The summed E-state index contributed by atoms with van der Waals surface area (Å²) in [6.07, 6.45) is -0.495. The Bertz CT molecular complexity index is 852. The van der Waals surface area contributed by atoms with E-state index >= 15 is 0 Å². The number of anilines is 2. The van der Waals surface area contributed by atoms with Gasteiger partial charge in [-0.2, -0.15) is 5.48 Å². The van der Waals surface area contributed by atoms with E-state index in [4.69, 9.17) is 32.8 Å². The second-order valence-electron chi connectivity index (χ2n) is 6.32. The van der Waals surface area contributed by atoms with Crippen molar-refractivity contribution < 1.29 is 14.4 Å². The second-order valence-corrected chi connectivity index (χ2v) is 7.20. The van der Waals surface area contributed by atoms with Gasteiger partial charge in [0.1, 0.15) is 0 Å². The molecule has 150 valence electrons. The summed E-state index contributed by atoms with van der Waals surface area (Å²) in [7, 11) is 1.48. The molecule has 1 aliphatic rings. The number of carbonyl (C=O) groups is 1. The average molecular weight is 426 g/mol. The van der Waals surface area contributed by atoms with Crippen molar-refractivity contribution >= 4 is 40.8 Å². The molecule has 0 spiro atoms. The van der Waals surface area contributed by atoms with E-state index in [1.165, 1.54) is 7.11 Å². The minimum Gasteiger partial charge on any atom is -0.478 e. The van der Waals surface area contributed by atoms with Gasteiger partial charge in [-0.15, -0.1) is 0 Å². The highest BCUT2D eigenvalue weighted by Crippen LogP contribution is 2.26. The Morgan fingerprint density at radius 3 is 2.25 bits per heavy atom. The third-order valence-electron chi connectivity index (χ3n) is 4.45. The lowest BCUT2D eigenvalue weighted by Gasteiger charge is -2.35. The second kappa shape index (κ2) is 8.70. The Morgan fingerprint density at radius 1 is 1.04 bits per heavy atom. The highest BCUT2D eigenvalue weighted by molar-refractivity contribution is 6.35. The predicted octanol–water partition coefficient (Wildman–Crippen LogP) is 3.69. The normalized spacial score (nSPS) is 14.0. The molecule has 1 saturated heterocycles. The lowest BCUT2D eigenvalue weighted by molar-refractivity contribution is 0.119. The van der Waals surface area contributed by atoms with Crippen LogP contribution in [0.1, 0.15) is 11.4 Å². The number of nitrogens with one attached hydrogen (secondary N) is 1. The van der Waals surface area contributed by atoms with Crippen molar-refractivity contribution in [3.63, 3.8) is 0 Å². The van der Waals surface area contributed by atoms with Crippen molar-refractivity contribution in [3.05, 3.63) is 39.6 Å². The number of rotatable bonds is 4. The molecule has 1 aromatic carbocycles. The van der Waals surface area contributed by atoms with Crippen LogP contribution in [0, 0.1) is 13.8 Å². The Balaban J connectivity index is 1.56. The van der Waals surface area contributed by atoms with Crippen LogP contribution in [0.15, 0.2) is 18.2 Å². The van der Waals surface area contributed by atoms with E-state index in [0.717, 1.165) is 11.4 Å². The van der Waals surface area contributed by atoms with Gasteiger partial charge in [-0.05, 0) is 32.0 Å². The lowest BCUT2D eigenvalue weighted by atomic mass is 10.2. The van der Waals surface area contributed by atoms with E-state index in [0.29, 0.717) is 41.9 Å². The predicted molar refractivity (Wildman–Crippen MR) is 108 cm³/mol. The van der Waals surface area contributed by atoms with E-state index in [2.05, 4.69) is 20.3 Å². The summed E-state index contributed by atoms with van der Waals surface area (Å²) in [5.74, 6) is 0.518. The molecule has 1 fully saturated rings. The summed E-state index contributed by atoms with van der Waals surface area (Å²) in [4.78, 5) is 29.8. The van der Waals surface area contributed by atoms with Crippen LogP contribution in [-0.4, -0.2) is 54.2 Å². The SMILES string of the molecule is COc1nc(C)c(C)nc1NOC(=O)N1CCN(c2cc(Cl)cc(Cl)c2)CC1. The summed E-state index contributed by atoms with van der Waals surface area (Å²) >= 11 is 12.1. The fourth-order valence-corrected chi connectivity index (χ4v) is 3.33. The van der Waals surface area contributed by atoms with Crippen molar-refractivity contribution in [1.29, 1.82) is 0 Å². The average Bonchev–Trinajstić information content (AvgIpc) is 2.67. The standard InChI is InChI=1S/C18H21Cl2N5O3/c1-11-12(2)22-17(27-3)16(21-11)23-28-18(26)25-6-4-24(5-7-25)15-9-13(19)8-14(20)10-15/h8-10H,4-7H2,1-3H3,(H,21,23). The number of aryl methyl sites for hydroxylation is 2. The van der Waals surface area contributed by atoms with Crippen LogP contribution in [0.5, 0.6) is 5.88 Å². The third kappa shape index (κ3) is 4.69. The molecule has 1 aliphatic heterocycles. The number of amides is 1. The quantitative estimate of drug-likeness (QED) is 0.747. The van der Waals surface area contributed by atoms with Gasteiger partial charge >= 0.3 is 6.09 Å². The minimum atomic E-state index is -0.495. The summed E-state index contributed by atoms with van der Waals surface area (Å²) in [6, 6.07) is 5.40. The molecule has 10 heteroatoms. The van der Waals surface area contributed by atoms with E-state index in [1.54, 1.807) is 11.0 Å². The Hall–Kier alpha value is -2.45. The van der Waals surface area contributed by atoms with Gasteiger partial charge in [0.25, 0.3) is 5.88 Å². The molecule has 2 heterocycles. The molecule has 1 amide bonds. The number of halogens is 2. The van der Waals surface area contributed by atoms with Gasteiger partial charge in [-0.1, -0.05) is 23.2 Å². The van der Waals surface area contributed by atoms with Crippen molar-refractivity contribution in [2.24, 2.45) is 0 Å². The third-order valence-corrected chi connectivity index (χ3v) is 4.89. The molecule has 0 saturated carbocycles. The first-order chi connectivity index (χ1) is 13.4. The molecule has 1 aromatic heterocycles. The first-order valence-corrected chi connectivity index (χ1v) is 9.45. The molecular weight excluding hydrogens is 405 g/mol. The molecule has 8 nitrogen and oxygen atoms in total. The molecule has 2 aromatic rings. The maximum atomic E-state index is 12.4. The van der Waals surface area contributed by atoms with Crippen molar-refractivity contribution in [3.8, 4) is 5.88 Å². The van der Waals surface area contributed by atoms with Crippen molar-refractivity contribution in [1.82, 2.24) is 14.9 Å². The number of piperazine rings is 1. The van der Waals surface area contributed by atoms with Gasteiger partial charge in [-0.3, -0.25) is 0 Å². The number of hydrogen-bond acceptors (Lipinski definition) is 7. The topological polar surface area (TPSA) is 79.8 Å². The number of hydrogen-bond donors (Lipinski definition) is 1. The van der Waals surface area contributed by atoms with Crippen LogP contribution in [0.2, 0.25) is 10.0 Å². The molecule has 0 unspecified atom stereocenters. The first-order valence-electron chi connectivity index (χ1n) is 8.69. The zero-order chi connectivity index (χ0) is 20.3. The van der Waals surface area contributed by atoms with Gasteiger partial charge in [0.15, 0.2) is 0 Å². The molecule has 0 aliphatic carbocycles. The molecule has 1 N–H and O–H groups in total. The van der Waals surface area contributed by atoms with Crippen molar-refractivity contribution in [2.45, 2.75) is 13.8 Å². The van der Waals surface area contributed by atoms with Crippen LogP contribution in [0.25, 0.3) is 0 Å². The molecule has 0 radical (unpaired) electrons. The fraction of sp³-hybridized carbons (Fsp3) is 0.389. The Labute approximate surface area is 173 Å². The number of aromatic nitrogens is 2. The highest BCUT2D eigenvalue weighted by Gasteiger charge is 2.24. The summed E-state index contributed by atoms with van der Waals surface area (Å²) in [5, 5.41) is 1.16. The summed E-state index contributed by atoms with van der Waals surface area (Å²) < 4.78 is 5.17. The maximum absolute atomic E-state index is 12.4. The van der Waals surface area contributed by atoms with Crippen molar-refractivity contribution in [2.75, 3.05) is 43.7 Å². The van der Waals surface area contributed by atoms with Gasteiger partial charge in [-0.25, -0.2) is 14.8 Å². The number of methoxy groups -OCH3 is 1. The number of benzene rings is 1. The van der Waals surface area contributed by atoms with E-state index in [9.17, 15) is 4.79 Å². The molecule has 0 bridgehead atoms. The van der Waals surface area contributed by atoms with Gasteiger partial charge in [0.05, 0.1) is 18.5 Å². The van der Waals surface area contributed by atoms with Crippen LogP contribution in [0.3, 0.4) is 0 Å². The zero-order valence-corrected chi connectivity index (χ0v) is 17.3. The zero-order valence-electron chi connectivity index (χ0n) is 15.8. The van der Waals surface area contributed by atoms with Crippen LogP contribution < -0.4 is 15.1 Å². The molecular formula is C18H21Cl2N5O3. The van der Waals surface area contributed by atoms with E-state index in [1.807, 2.05) is 26.0 Å². The summed E-state index contributed by atoms with van der Waals surface area (Å²) in [6.45, 7) is 5.92.